The van der Waals surface area contributed by atoms with E-state index in [2.05, 4.69) is 10.6 Å². The van der Waals surface area contributed by atoms with E-state index >= 15 is 0 Å². The Morgan fingerprint density at radius 3 is 2.56 bits per heavy atom. The van der Waals surface area contributed by atoms with Crippen molar-refractivity contribution in [1.82, 2.24) is 10.6 Å². The van der Waals surface area contributed by atoms with Crippen LogP contribution in [0.5, 0.6) is 0 Å². The van der Waals surface area contributed by atoms with Crippen LogP contribution in [-0.2, 0) is 17.5 Å². The molecule has 0 fully saturated rings. The molecule has 1 atom stereocenters. The molecule has 0 saturated carbocycles. The smallest absolute Gasteiger partial charge is 0.350 e. The molecule has 1 unspecified atom stereocenters. The Labute approximate surface area is 144 Å². The number of nitrogens with one attached hydrogen (secondary N) is 2. The highest BCUT2D eigenvalue weighted by molar-refractivity contribution is 7.12. The molecule has 0 aliphatic rings. The van der Waals surface area contributed by atoms with Crippen molar-refractivity contribution in [2.75, 3.05) is 0 Å². The number of alkyl halides is 3. The predicted octanol–water partition coefficient (Wildman–Crippen LogP) is 3.34. The van der Waals surface area contributed by atoms with Gasteiger partial charge in [-0.05, 0) is 36.1 Å². The molecule has 1 aromatic carbocycles. The van der Waals surface area contributed by atoms with Gasteiger partial charge >= 0.3 is 6.18 Å². The minimum Gasteiger partial charge on any atom is -0.350 e. The molecule has 1 heterocycles. The van der Waals surface area contributed by atoms with Gasteiger partial charge in [-0.25, -0.2) is 4.39 Å². The monoisotopic (exact) mass is 374 g/mol. The van der Waals surface area contributed by atoms with E-state index in [-0.39, 0.29) is 5.56 Å². The third-order valence-electron chi connectivity index (χ3n) is 3.32. The van der Waals surface area contributed by atoms with Gasteiger partial charge in [0, 0.05) is 6.54 Å². The first-order valence-corrected chi connectivity index (χ1v) is 8.04. The second-order valence-corrected chi connectivity index (χ2v) is 6.14. The minimum atomic E-state index is -4.73. The van der Waals surface area contributed by atoms with Gasteiger partial charge in [0.25, 0.3) is 5.91 Å². The molecule has 2 aromatic rings. The highest BCUT2D eigenvalue weighted by Crippen LogP contribution is 2.32. The number of hydrogen-bond acceptors (Lipinski definition) is 3. The van der Waals surface area contributed by atoms with Crippen molar-refractivity contribution in [3.05, 3.63) is 57.5 Å². The average Bonchev–Trinajstić information content (AvgIpc) is 3.06. The van der Waals surface area contributed by atoms with Crippen molar-refractivity contribution >= 4 is 23.2 Å². The van der Waals surface area contributed by atoms with E-state index in [1.807, 2.05) is 0 Å². The molecule has 2 N–H and O–H groups in total. The quantitative estimate of drug-likeness (QED) is 0.789. The van der Waals surface area contributed by atoms with Crippen LogP contribution in [0.3, 0.4) is 0 Å². The van der Waals surface area contributed by atoms with Crippen molar-refractivity contribution in [3.63, 3.8) is 0 Å². The zero-order chi connectivity index (χ0) is 18.6. The van der Waals surface area contributed by atoms with Gasteiger partial charge in [0.1, 0.15) is 11.9 Å². The number of carbonyl (C=O) groups excluding carboxylic acids is 2. The maximum Gasteiger partial charge on any atom is 0.416 e. The Morgan fingerprint density at radius 2 is 1.96 bits per heavy atom. The number of carbonyl (C=O) groups is 2. The Kier molecular flexibility index (Phi) is 5.78. The highest BCUT2D eigenvalue weighted by Gasteiger charge is 2.33. The fraction of sp³-hybridized carbons (Fsp3) is 0.250. The van der Waals surface area contributed by atoms with E-state index in [4.69, 9.17) is 0 Å². The third kappa shape index (κ3) is 5.02. The second kappa shape index (κ2) is 7.64. The fourth-order valence-corrected chi connectivity index (χ4v) is 2.67. The highest BCUT2D eigenvalue weighted by atomic mass is 32.1. The van der Waals surface area contributed by atoms with Gasteiger partial charge in [0.15, 0.2) is 0 Å². The van der Waals surface area contributed by atoms with Crippen LogP contribution in [0.2, 0.25) is 0 Å². The molecule has 25 heavy (non-hydrogen) atoms. The number of benzene rings is 1. The van der Waals surface area contributed by atoms with Crippen molar-refractivity contribution in [2.45, 2.75) is 25.7 Å². The molecule has 1 aromatic heterocycles. The zero-order valence-corrected chi connectivity index (χ0v) is 13.8. The summed E-state index contributed by atoms with van der Waals surface area (Å²) in [6, 6.07) is 4.55. The zero-order valence-electron chi connectivity index (χ0n) is 13.0. The molecule has 0 bridgehead atoms. The molecule has 0 saturated heterocycles. The van der Waals surface area contributed by atoms with Gasteiger partial charge in [-0.2, -0.15) is 13.2 Å². The largest absolute Gasteiger partial charge is 0.416 e. The predicted molar refractivity (Wildman–Crippen MR) is 84.5 cm³/mol. The van der Waals surface area contributed by atoms with Crippen LogP contribution < -0.4 is 10.6 Å². The lowest BCUT2D eigenvalue weighted by atomic mass is 10.1. The van der Waals surface area contributed by atoms with Crippen LogP contribution in [0, 0.1) is 5.82 Å². The Morgan fingerprint density at radius 1 is 1.24 bits per heavy atom. The van der Waals surface area contributed by atoms with Gasteiger partial charge in [-0.1, -0.05) is 12.1 Å². The summed E-state index contributed by atoms with van der Waals surface area (Å²) in [6.45, 7) is 0.976. The summed E-state index contributed by atoms with van der Waals surface area (Å²) in [5.41, 5.74) is -1.41. The van der Waals surface area contributed by atoms with Gasteiger partial charge in [0.05, 0.1) is 10.4 Å². The lowest BCUT2D eigenvalue weighted by molar-refractivity contribution is -0.138. The van der Waals surface area contributed by atoms with Crippen LogP contribution in [-0.4, -0.2) is 17.9 Å². The lowest BCUT2D eigenvalue weighted by Crippen LogP contribution is -2.44. The molecular formula is C16H14F4N2O2S. The van der Waals surface area contributed by atoms with Gasteiger partial charge in [0.2, 0.25) is 5.91 Å². The summed E-state index contributed by atoms with van der Waals surface area (Å²) in [5, 5.41) is 6.46. The topological polar surface area (TPSA) is 58.2 Å². The summed E-state index contributed by atoms with van der Waals surface area (Å²) < 4.78 is 51.8. The lowest BCUT2D eigenvalue weighted by Gasteiger charge is -2.16. The van der Waals surface area contributed by atoms with E-state index in [1.54, 1.807) is 17.5 Å². The summed E-state index contributed by atoms with van der Waals surface area (Å²) in [6.07, 6.45) is -4.73. The fourth-order valence-electron chi connectivity index (χ4n) is 2.04. The molecule has 2 amide bonds. The van der Waals surface area contributed by atoms with E-state index in [0.717, 1.165) is 12.1 Å². The van der Waals surface area contributed by atoms with E-state index < -0.39 is 42.0 Å². The number of halogens is 4. The third-order valence-corrected chi connectivity index (χ3v) is 4.18. The molecule has 0 aliphatic carbocycles. The van der Waals surface area contributed by atoms with Gasteiger partial charge < -0.3 is 10.6 Å². The number of thiophene rings is 1. The number of hydrogen-bond donors (Lipinski definition) is 2. The van der Waals surface area contributed by atoms with E-state index in [9.17, 15) is 27.2 Å². The van der Waals surface area contributed by atoms with E-state index in [0.29, 0.717) is 10.9 Å². The first-order valence-electron chi connectivity index (χ1n) is 7.16. The molecule has 0 aliphatic heterocycles. The first kappa shape index (κ1) is 18.9. The molecule has 4 nitrogen and oxygen atoms in total. The summed E-state index contributed by atoms with van der Waals surface area (Å²) in [4.78, 5) is 24.2. The molecule has 0 radical (unpaired) electrons. The van der Waals surface area contributed by atoms with Crippen LogP contribution in [0.1, 0.15) is 27.7 Å². The van der Waals surface area contributed by atoms with Gasteiger partial charge in [-0.3, -0.25) is 9.59 Å². The number of amides is 2. The summed E-state index contributed by atoms with van der Waals surface area (Å²) in [5.74, 6) is -2.11. The Balaban J connectivity index is 1.99. The van der Waals surface area contributed by atoms with Crippen molar-refractivity contribution in [2.24, 2.45) is 0 Å². The molecular weight excluding hydrogens is 360 g/mol. The van der Waals surface area contributed by atoms with Crippen molar-refractivity contribution in [1.29, 1.82) is 0 Å². The van der Waals surface area contributed by atoms with E-state index in [1.165, 1.54) is 18.3 Å². The van der Waals surface area contributed by atoms with Crippen molar-refractivity contribution < 1.29 is 27.2 Å². The Hall–Kier alpha value is -2.42. The first-order chi connectivity index (χ1) is 11.7. The van der Waals surface area contributed by atoms with Crippen LogP contribution in [0.25, 0.3) is 0 Å². The second-order valence-electron chi connectivity index (χ2n) is 5.19. The van der Waals surface area contributed by atoms with Crippen LogP contribution in [0.15, 0.2) is 35.7 Å². The van der Waals surface area contributed by atoms with Crippen LogP contribution >= 0.6 is 11.3 Å². The normalized spacial score (nSPS) is 12.5. The minimum absolute atomic E-state index is 0.265. The standard InChI is InChI=1S/C16H14F4N2O2S/c1-9(22-15(24)13-3-2-6-25-13)14(23)21-8-10-4-5-11(17)7-12(10)16(18,19)20/h2-7,9H,8H2,1H3,(H,21,23)(H,22,24). The summed E-state index contributed by atoms with van der Waals surface area (Å²) >= 11 is 1.20. The van der Waals surface area contributed by atoms with Crippen molar-refractivity contribution in [3.8, 4) is 0 Å². The molecule has 0 spiro atoms. The Bertz CT molecular complexity index is 760. The summed E-state index contributed by atoms with van der Waals surface area (Å²) in [7, 11) is 0. The van der Waals surface area contributed by atoms with Gasteiger partial charge in [-0.15, -0.1) is 11.3 Å². The SMILES string of the molecule is CC(NC(=O)c1cccs1)C(=O)NCc1ccc(F)cc1C(F)(F)F. The average molecular weight is 374 g/mol. The maximum absolute atomic E-state index is 13.0. The molecule has 2 rings (SSSR count). The maximum atomic E-state index is 13.0. The number of rotatable bonds is 5. The van der Waals surface area contributed by atoms with Crippen LogP contribution in [0.4, 0.5) is 17.6 Å². The molecule has 134 valence electrons. The molecule has 9 heteroatoms.